The van der Waals surface area contributed by atoms with Crippen LogP contribution in [0, 0.1) is 0 Å². The first-order valence-corrected chi connectivity index (χ1v) is 12.8. The Kier molecular flexibility index (Phi) is 6.95. The van der Waals surface area contributed by atoms with Gasteiger partial charge in [-0.1, -0.05) is 91.0 Å². The zero-order chi connectivity index (χ0) is 22.1. The minimum Gasteiger partial charge on any atom is -0.456 e. The maximum Gasteiger partial charge on any atom is 0.295 e. The van der Waals surface area contributed by atoms with Crippen molar-refractivity contribution in [2.24, 2.45) is 0 Å². The van der Waals surface area contributed by atoms with Crippen molar-refractivity contribution >= 4 is 44.9 Å². The van der Waals surface area contributed by atoms with Crippen LogP contribution in [0.5, 0.6) is 0 Å². The van der Waals surface area contributed by atoms with Crippen molar-refractivity contribution in [3.63, 3.8) is 0 Å². The summed E-state index contributed by atoms with van der Waals surface area (Å²) in [5.41, 5.74) is 1.68. The molecule has 0 aliphatic carbocycles. The zero-order valence-electron chi connectivity index (χ0n) is 17.2. The number of rotatable bonds is 5. The summed E-state index contributed by atoms with van der Waals surface area (Å²) in [6.45, 7) is 0. The third-order valence-electron chi connectivity index (χ3n) is 5.23. The summed E-state index contributed by atoms with van der Waals surface area (Å²) in [7, 11) is -5.70. The van der Waals surface area contributed by atoms with Gasteiger partial charge in [0.25, 0.3) is 10.1 Å². The van der Waals surface area contributed by atoms with Gasteiger partial charge in [0.1, 0.15) is 16.2 Å². The molecule has 7 heteroatoms. The molecule has 4 aromatic carbocycles. The van der Waals surface area contributed by atoms with Crippen LogP contribution in [0.4, 0.5) is 0 Å². The fraction of sp³-hybridized carbons (Fsp3) is 0. The standard InChI is InChI=1S/C26H19O4PS.Pd/c27-32(28,29)26-17-9-8-16-25(26)31(20-11-2-1-3-12-20)24-15-7-5-13-21(24)23-18-19-10-4-6-14-22(19)30-23;/h1-18H,(H,27,28,29);. The summed E-state index contributed by atoms with van der Waals surface area (Å²) in [6, 6.07) is 34.1. The number of hydrogen-bond donors (Lipinski definition) is 1. The molecule has 0 fully saturated rings. The van der Waals surface area contributed by atoms with Crippen molar-refractivity contribution in [3.05, 3.63) is 109 Å². The van der Waals surface area contributed by atoms with Crippen LogP contribution >= 0.6 is 7.92 Å². The number of para-hydroxylation sites is 1. The molecule has 0 radical (unpaired) electrons. The molecule has 1 atom stereocenters. The van der Waals surface area contributed by atoms with Gasteiger partial charge < -0.3 is 4.42 Å². The van der Waals surface area contributed by atoms with Crippen molar-refractivity contribution in [2.45, 2.75) is 4.90 Å². The predicted octanol–water partition coefficient (Wildman–Crippen LogP) is 5.10. The Bertz CT molecular complexity index is 1480. The first-order chi connectivity index (χ1) is 15.5. The molecule has 4 nitrogen and oxygen atoms in total. The van der Waals surface area contributed by atoms with Gasteiger partial charge in [-0.05, 0) is 36.7 Å². The predicted molar refractivity (Wildman–Crippen MR) is 130 cm³/mol. The van der Waals surface area contributed by atoms with Gasteiger partial charge in [0.05, 0.1) is 0 Å². The van der Waals surface area contributed by atoms with E-state index in [1.165, 1.54) is 6.07 Å². The molecule has 0 saturated carbocycles. The van der Waals surface area contributed by atoms with Gasteiger partial charge in [-0.25, -0.2) is 0 Å². The molecular formula is C26H19O4PPdS. The second kappa shape index (κ2) is 9.73. The average molecular weight is 565 g/mol. The second-order valence-electron chi connectivity index (χ2n) is 7.28. The molecule has 1 heterocycles. The molecule has 0 aliphatic heterocycles. The maximum absolute atomic E-state index is 12.2. The number of fused-ring (bicyclic) bond motifs is 1. The van der Waals surface area contributed by atoms with Crippen molar-refractivity contribution in [1.82, 2.24) is 0 Å². The van der Waals surface area contributed by atoms with Crippen LogP contribution in [0.25, 0.3) is 22.3 Å². The van der Waals surface area contributed by atoms with Crippen LogP contribution in [0.15, 0.2) is 119 Å². The van der Waals surface area contributed by atoms with E-state index in [0.717, 1.165) is 32.9 Å². The fourth-order valence-electron chi connectivity index (χ4n) is 3.84. The third kappa shape index (κ3) is 4.73. The van der Waals surface area contributed by atoms with Gasteiger partial charge in [0, 0.05) is 36.7 Å². The van der Waals surface area contributed by atoms with Crippen LogP contribution in [0.1, 0.15) is 0 Å². The third-order valence-corrected chi connectivity index (χ3v) is 8.86. The van der Waals surface area contributed by atoms with Crippen LogP contribution in [-0.4, -0.2) is 13.0 Å². The van der Waals surface area contributed by atoms with Gasteiger partial charge in [0.15, 0.2) is 0 Å². The normalized spacial score (nSPS) is 12.3. The Labute approximate surface area is 207 Å². The number of hydrogen-bond acceptors (Lipinski definition) is 3. The molecule has 33 heavy (non-hydrogen) atoms. The SMILES string of the molecule is O=S(=O)(O)c1ccccc1P(c1ccccc1)c1ccccc1-c1cc2ccccc2o1.[Pd]. The number of benzene rings is 4. The Morgan fingerprint density at radius 1 is 0.697 bits per heavy atom. The van der Waals surface area contributed by atoms with Gasteiger partial charge in [-0.2, -0.15) is 8.42 Å². The first kappa shape index (κ1) is 23.6. The van der Waals surface area contributed by atoms with Gasteiger partial charge in [-0.3, -0.25) is 4.55 Å². The Balaban J connectivity index is 0.00000259. The molecule has 0 spiro atoms. The summed E-state index contributed by atoms with van der Waals surface area (Å²) in [6.07, 6.45) is 0. The molecule has 0 aliphatic rings. The van der Waals surface area contributed by atoms with Crippen molar-refractivity contribution in [3.8, 4) is 11.3 Å². The molecule has 1 N–H and O–H groups in total. The summed E-state index contributed by atoms with van der Waals surface area (Å²) >= 11 is 0. The minimum absolute atomic E-state index is 0. The molecule has 168 valence electrons. The van der Waals surface area contributed by atoms with E-state index in [2.05, 4.69) is 0 Å². The molecular weight excluding hydrogens is 546 g/mol. The largest absolute Gasteiger partial charge is 0.456 e. The molecule has 0 saturated heterocycles. The van der Waals surface area contributed by atoms with Crippen LogP contribution in [0.3, 0.4) is 0 Å². The zero-order valence-corrected chi connectivity index (χ0v) is 20.5. The molecule has 1 aromatic heterocycles. The van der Waals surface area contributed by atoms with E-state index in [9.17, 15) is 13.0 Å². The van der Waals surface area contributed by atoms with Crippen LogP contribution in [0.2, 0.25) is 0 Å². The van der Waals surface area contributed by atoms with Gasteiger partial charge in [0.2, 0.25) is 0 Å². The molecule has 5 aromatic rings. The average Bonchev–Trinajstić information content (AvgIpc) is 3.24. The summed E-state index contributed by atoms with van der Waals surface area (Å²) in [4.78, 5) is -0.0747. The van der Waals surface area contributed by atoms with Crippen molar-refractivity contribution in [2.75, 3.05) is 0 Å². The van der Waals surface area contributed by atoms with Crippen LogP contribution in [-0.2, 0) is 30.5 Å². The van der Waals surface area contributed by atoms with E-state index in [-0.39, 0.29) is 25.3 Å². The summed E-state index contributed by atoms with van der Waals surface area (Å²) in [5.74, 6) is 0.717. The van der Waals surface area contributed by atoms with Gasteiger partial charge >= 0.3 is 0 Å². The number of furan rings is 1. The fourth-order valence-corrected chi connectivity index (χ4v) is 7.52. The van der Waals surface area contributed by atoms with E-state index in [0.29, 0.717) is 5.30 Å². The molecule has 0 amide bonds. The quantitative estimate of drug-likeness (QED) is 0.183. The second-order valence-corrected chi connectivity index (χ2v) is 10.8. The minimum atomic E-state index is -4.40. The van der Waals surface area contributed by atoms with E-state index in [4.69, 9.17) is 4.42 Å². The molecule has 0 bridgehead atoms. The van der Waals surface area contributed by atoms with Crippen LogP contribution < -0.4 is 15.9 Å². The van der Waals surface area contributed by atoms with Crippen molar-refractivity contribution in [1.29, 1.82) is 0 Å². The summed E-state index contributed by atoms with van der Waals surface area (Å²) < 4.78 is 40.6. The van der Waals surface area contributed by atoms with E-state index >= 15 is 0 Å². The Morgan fingerprint density at radius 2 is 1.30 bits per heavy atom. The monoisotopic (exact) mass is 564 g/mol. The molecule has 1 unspecified atom stereocenters. The van der Waals surface area contributed by atoms with E-state index < -0.39 is 18.0 Å². The smallest absolute Gasteiger partial charge is 0.295 e. The Hall–Kier alpha value is -2.58. The maximum atomic E-state index is 12.2. The molecule has 5 rings (SSSR count). The Morgan fingerprint density at radius 3 is 2.03 bits per heavy atom. The van der Waals surface area contributed by atoms with E-state index in [1.54, 1.807) is 18.2 Å². The summed E-state index contributed by atoms with van der Waals surface area (Å²) in [5, 5.41) is 3.49. The van der Waals surface area contributed by atoms with E-state index in [1.807, 2.05) is 84.9 Å². The van der Waals surface area contributed by atoms with Crippen molar-refractivity contribution < 1.29 is 37.8 Å². The topological polar surface area (TPSA) is 67.5 Å². The first-order valence-electron chi connectivity index (χ1n) is 10.0. The van der Waals surface area contributed by atoms with Gasteiger partial charge in [-0.15, -0.1) is 0 Å².